The predicted molar refractivity (Wildman–Crippen MR) is 80.9 cm³/mol. The molecule has 1 saturated heterocycles. The highest BCUT2D eigenvalue weighted by molar-refractivity contribution is 9.10. The predicted octanol–water partition coefficient (Wildman–Crippen LogP) is 3.91. The van der Waals surface area contributed by atoms with Crippen molar-refractivity contribution in [1.82, 2.24) is 4.31 Å². The van der Waals surface area contributed by atoms with Crippen LogP contribution in [0.25, 0.3) is 0 Å². The Morgan fingerprint density at radius 3 is 2.63 bits per heavy atom. The molecule has 0 aliphatic carbocycles. The van der Waals surface area contributed by atoms with Crippen LogP contribution in [0.15, 0.2) is 27.6 Å². The van der Waals surface area contributed by atoms with Gasteiger partial charge < -0.3 is 0 Å². The summed E-state index contributed by atoms with van der Waals surface area (Å²) in [5.74, 6) is 0. The van der Waals surface area contributed by atoms with Gasteiger partial charge in [0.25, 0.3) is 0 Å². The lowest BCUT2D eigenvalue weighted by Crippen LogP contribution is -2.43. The van der Waals surface area contributed by atoms with Gasteiger partial charge in [-0.05, 0) is 46.3 Å². The van der Waals surface area contributed by atoms with Crippen molar-refractivity contribution >= 4 is 37.6 Å². The van der Waals surface area contributed by atoms with E-state index in [1.807, 2.05) is 0 Å². The Hall–Kier alpha value is -0.100. The molecule has 0 bridgehead atoms. The van der Waals surface area contributed by atoms with Crippen LogP contribution in [-0.2, 0) is 10.0 Å². The van der Waals surface area contributed by atoms with Gasteiger partial charge in [0, 0.05) is 17.6 Å². The first-order chi connectivity index (χ1) is 8.74. The van der Waals surface area contributed by atoms with Gasteiger partial charge in [-0.3, -0.25) is 0 Å². The summed E-state index contributed by atoms with van der Waals surface area (Å²) >= 11 is 9.36. The van der Waals surface area contributed by atoms with E-state index < -0.39 is 10.0 Å². The average Bonchev–Trinajstić information content (AvgIpc) is 2.27. The van der Waals surface area contributed by atoms with E-state index in [0.29, 0.717) is 17.6 Å². The molecule has 6 heteroatoms. The number of rotatable bonds is 2. The molecule has 0 amide bonds. The highest BCUT2D eigenvalue weighted by Gasteiger charge is 2.35. The summed E-state index contributed by atoms with van der Waals surface area (Å²) < 4.78 is 27.5. The lowest BCUT2D eigenvalue weighted by molar-refractivity contribution is 0.187. The van der Waals surface area contributed by atoms with Gasteiger partial charge in [-0.1, -0.05) is 31.5 Å². The SMILES string of the molecule is CC1(C)CCCN(S(=O)(=O)c2c(Cl)cccc2Br)C1. The Morgan fingerprint density at radius 2 is 2.05 bits per heavy atom. The third-order valence-corrected chi connectivity index (χ3v) is 6.68. The summed E-state index contributed by atoms with van der Waals surface area (Å²) in [6.45, 7) is 5.28. The van der Waals surface area contributed by atoms with Crippen molar-refractivity contribution in [3.05, 3.63) is 27.7 Å². The van der Waals surface area contributed by atoms with E-state index in [4.69, 9.17) is 11.6 Å². The Bertz CT molecular complexity index is 566. The van der Waals surface area contributed by atoms with Gasteiger partial charge >= 0.3 is 0 Å². The quantitative estimate of drug-likeness (QED) is 0.795. The van der Waals surface area contributed by atoms with Crippen molar-refractivity contribution in [2.24, 2.45) is 5.41 Å². The maximum absolute atomic E-state index is 12.7. The molecular weight excluding hydrogens is 350 g/mol. The normalized spacial score (nSPS) is 20.4. The molecule has 1 fully saturated rings. The molecule has 19 heavy (non-hydrogen) atoms. The fraction of sp³-hybridized carbons (Fsp3) is 0.538. The van der Waals surface area contributed by atoms with Crippen LogP contribution in [0.1, 0.15) is 26.7 Å². The molecule has 3 nitrogen and oxygen atoms in total. The summed E-state index contributed by atoms with van der Waals surface area (Å²) in [5, 5.41) is 0.262. The number of benzene rings is 1. The van der Waals surface area contributed by atoms with Crippen LogP contribution in [0.4, 0.5) is 0 Å². The van der Waals surface area contributed by atoms with Gasteiger partial charge in [-0.2, -0.15) is 4.31 Å². The monoisotopic (exact) mass is 365 g/mol. The molecule has 0 atom stereocenters. The molecule has 1 aromatic rings. The van der Waals surface area contributed by atoms with Crippen LogP contribution in [-0.4, -0.2) is 25.8 Å². The molecule has 0 saturated carbocycles. The Balaban J connectivity index is 2.43. The van der Waals surface area contributed by atoms with E-state index in [9.17, 15) is 8.42 Å². The average molecular weight is 367 g/mol. The first-order valence-corrected chi connectivity index (χ1v) is 8.79. The smallest absolute Gasteiger partial charge is 0.207 e. The van der Waals surface area contributed by atoms with Gasteiger partial charge in [-0.15, -0.1) is 0 Å². The molecule has 0 unspecified atom stereocenters. The molecule has 1 aromatic carbocycles. The van der Waals surface area contributed by atoms with Crippen LogP contribution < -0.4 is 0 Å². The molecule has 1 heterocycles. The second-order valence-corrected chi connectivity index (χ2v) is 8.79. The van der Waals surface area contributed by atoms with E-state index in [1.165, 1.54) is 0 Å². The summed E-state index contributed by atoms with van der Waals surface area (Å²) in [4.78, 5) is 0.175. The number of hydrogen-bond donors (Lipinski definition) is 0. The molecule has 1 aliphatic rings. The fourth-order valence-electron chi connectivity index (χ4n) is 2.43. The highest BCUT2D eigenvalue weighted by Crippen LogP contribution is 2.36. The topological polar surface area (TPSA) is 37.4 Å². The lowest BCUT2D eigenvalue weighted by atomic mass is 9.85. The maximum Gasteiger partial charge on any atom is 0.245 e. The van der Waals surface area contributed by atoms with Crippen molar-refractivity contribution in [2.75, 3.05) is 13.1 Å². The van der Waals surface area contributed by atoms with Gasteiger partial charge in [0.2, 0.25) is 10.0 Å². The second-order valence-electron chi connectivity index (χ2n) is 5.66. The second kappa shape index (κ2) is 5.35. The van der Waals surface area contributed by atoms with Crippen molar-refractivity contribution in [2.45, 2.75) is 31.6 Å². The molecule has 106 valence electrons. The van der Waals surface area contributed by atoms with E-state index in [2.05, 4.69) is 29.8 Å². The standard InChI is InChI=1S/C13H17BrClNO2S/c1-13(2)7-4-8-16(9-13)19(17,18)12-10(14)5-3-6-11(12)15/h3,5-6H,4,7-9H2,1-2H3. The third-order valence-electron chi connectivity index (χ3n) is 3.38. The van der Waals surface area contributed by atoms with Gasteiger partial charge in [0.1, 0.15) is 4.90 Å². The van der Waals surface area contributed by atoms with Gasteiger partial charge in [-0.25, -0.2) is 8.42 Å². The largest absolute Gasteiger partial charge is 0.245 e. The number of piperidine rings is 1. The zero-order chi connectivity index (χ0) is 14.3. The number of hydrogen-bond acceptors (Lipinski definition) is 2. The minimum atomic E-state index is -3.54. The highest BCUT2D eigenvalue weighted by atomic mass is 79.9. The third kappa shape index (κ3) is 3.15. The summed E-state index contributed by atoms with van der Waals surface area (Å²) in [6, 6.07) is 5.04. The molecule has 0 aromatic heterocycles. The maximum atomic E-state index is 12.7. The minimum Gasteiger partial charge on any atom is -0.207 e. The van der Waals surface area contributed by atoms with Crippen LogP contribution in [0, 0.1) is 5.41 Å². The van der Waals surface area contributed by atoms with E-state index in [1.54, 1.807) is 22.5 Å². The number of nitrogens with zero attached hydrogens (tertiary/aromatic N) is 1. The van der Waals surface area contributed by atoms with Crippen molar-refractivity contribution in [1.29, 1.82) is 0 Å². The first-order valence-electron chi connectivity index (χ1n) is 6.18. The van der Waals surface area contributed by atoms with Crippen LogP contribution in [0.3, 0.4) is 0 Å². The first kappa shape index (κ1) is 15.3. The molecule has 0 radical (unpaired) electrons. The van der Waals surface area contributed by atoms with Crippen molar-refractivity contribution in [3.8, 4) is 0 Å². The number of halogens is 2. The minimum absolute atomic E-state index is 0.0129. The molecule has 0 spiro atoms. The van der Waals surface area contributed by atoms with Crippen molar-refractivity contribution < 1.29 is 8.42 Å². The van der Waals surface area contributed by atoms with E-state index in [0.717, 1.165) is 12.8 Å². The molecule has 2 rings (SSSR count). The van der Waals surface area contributed by atoms with Crippen LogP contribution >= 0.6 is 27.5 Å². The molecule has 0 N–H and O–H groups in total. The summed E-state index contributed by atoms with van der Waals surface area (Å²) in [7, 11) is -3.54. The van der Waals surface area contributed by atoms with Gasteiger partial charge in [0.05, 0.1) is 5.02 Å². The van der Waals surface area contributed by atoms with Crippen LogP contribution in [0.5, 0.6) is 0 Å². The van der Waals surface area contributed by atoms with Crippen LogP contribution in [0.2, 0.25) is 5.02 Å². The molecule has 1 aliphatic heterocycles. The van der Waals surface area contributed by atoms with E-state index >= 15 is 0 Å². The Kier molecular flexibility index (Phi) is 4.31. The fourth-order valence-corrected chi connectivity index (χ4v) is 5.77. The number of sulfonamides is 1. The lowest BCUT2D eigenvalue weighted by Gasteiger charge is -2.37. The summed E-state index contributed by atoms with van der Waals surface area (Å²) in [6.07, 6.45) is 1.93. The van der Waals surface area contributed by atoms with Gasteiger partial charge in [0.15, 0.2) is 0 Å². The Labute approximate surface area is 128 Å². The molecular formula is C13H17BrClNO2S. The zero-order valence-corrected chi connectivity index (χ0v) is 14.1. The zero-order valence-electron chi connectivity index (χ0n) is 11.0. The Morgan fingerprint density at radius 1 is 1.37 bits per heavy atom. The summed E-state index contributed by atoms with van der Waals surface area (Å²) in [5.41, 5.74) is 0.0129. The van der Waals surface area contributed by atoms with E-state index in [-0.39, 0.29) is 15.3 Å². The van der Waals surface area contributed by atoms with Crippen molar-refractivity contribution in [3.63, 3.8) is 0 Å².